The second-order valence-electron chi connectivity index (χ2n) is 7.82. The second-order valence-corrected chi connectivity index (χ2v) is 7.82. The van der Waals surface area contributed by atoms with Crippen molar-refractivity contribution in [2.75, 3.05) is 13.1 Å². The molecule has 1 fully saturated rings. The minimum atomic E-state index is -0.193. The lowest BCUT2D eigenvalue weighted by atomic mass is 10.0. The Morgan fingerprint density at radius 1 is 1.33 bits per heavy atom. The van der Waals surface area contributed by atoms with E-state index in [1.54, 1.807) is 10.9 Å². The maximum atomic E-state index is 6.40. The summed E-state index contributed by atoms with van der Waals surface area (Å²) in [6, 6.07) is 8.12. The normalized spacial score (nSPS) is 20.5. The number of rotatable bonds is 4. The summed E-state index contributed by atoms with van der Waals surface area (Å²) in [5, 5.41) is 8.72. The monoisotopic (exact) mass is 366 g/mol. The first kappa shape index (κ1) is 17.9. The van der Waals surface area contributed by atoms with E-state index < -0.39 is 0 Å². The average molecular weight is 366 g/mol. The molecule has 1 N–H and O–H groups in total. The van der Waals surface area contributed by atoms with Crippen molar-refractivity contribution in [2.24, 2.45) is 7.05 Å². The van der Waals surface area contributed by atoms with Gasteiger partial charge in [-0.2, -0.15) is 5.10 Å². The van der Waals surface area contributed by atoms with Crippen molar-refractivity contribution in [3.8, 4) is 16.9 Å². The van der Waals surface area contributed by atoms with Gasteiger partial charge in [-0.05, 0) is 50.6 Å². The second kappa shape index (κ2) is 6.94. The molecule has 0 saturated carbocycles. The van der Waals surface area contributed by atoms with E-state index in [0.717, 1.165) is 40.9 Å². The summed E-state index contributed by atoms with van der Waals surface area (Å²) < 4.78 is 14.4. The highest BCUT2D eigenvalue weighted by atomic mass is 16.6. The molecule has 0 radical (unpaired) electrons. The first-order chi connectivity index (χ1) is 12.9. The SMILES string of the molecule is C[C@@H](Oc1cc(-c2cnn(C)c2)cc2ncccc12)[C@@H]1CNCC(C)(C)O1. The molecule has 1 aliphatic rings. The lowest BCUT2D eigenvalue weighted by Gasteiger charge is -2.39. The van der Waals surface area contributed by atoms with Crippen molar-refractivity contribution in [3.63, 3.8) is 0 Å². The highest BCUT2D eigenvalue weighted by Gasteiger charge is 2.32. The van der Waals surface area contributed by atoms with E-state index in [2.05, 4.69) is 48.3 Å². The average Bonchev–Trinajstić information content (AvgIpc) is 3.07. The van der Waals surface area contributed by atoms with Crippen LogP contribution in [-0.4, -0.2) is 45.7 Å². The molecule has 1 aliphatic heterocycles. The quantitative estimate of drug-likeness (QED) is 0.768. The van der Waals surface area contributed by atoms with Gasteiger partial charge in [0, 0.05) is 43.5 Å². The van der Waals surface area contributed by atoms with E-state index in [9.17, 15) is 0 Å². The van der Waals surface area contributed by atoms with Gasteiger partial charge < -0.3 is 14.8 Å². The topological polar surface area (TPSA) is 61.2 Å². The molecule has 27 heavy (non-hydrogen) atoms. The Morgan fingerprint density at radius 2 is 2.19 bits per heavy atom. The molecule has 2 atom stereocenters. The lowest BCUT2D eigenvalue weighted by Crippen LogP contribution is -2.54. The molecule has 4 rings (SSSR count). The van der Waals surface area contributed by atoms with Crippen molar-refractivity contribution in [2.45, 2.75) is 38.6 Å². The predicted octanol–water partition coefficient (Wildman–Crippen LogP) is 3.17. The van der Waals surface area contributed by atoms with Gasteiger partial charge in [0.2, 0.25) is 0 Å². The van der Waals surface area contributed by atoms with Crippen LogP contribution in [0.25, 0.3) is 22.0 Å². The standard InChI is InChI=1S/C21H26N4O2/c1-14(20-11-22-13-21(2,3)27-20)26-19-9-15(16-10-24-25(4)12-16)8-18-17(19)6-5-7-23-18/h5-10,12,14,20,22H,11,13H2,1-4H3/t14-,20+/m1/s1. The van der Waals surface area contributed by atoms with Crippen molar-refractivity contribution in [1.29, 1.82) is 0 Å². The molecule has 3 heterocycles. The lowest BCUT2D eigenvalue weighted by molar-refractivity contribution is -0.127. The van der Waals surface area contributed by atoms with Crippen molar-refractivity contribution < 1.29 is 9.47 Å². The number of aromatic nitrogens is 3. The van der Waals surface area contributed by atoms with E-state index in [1.807, 2.05) is 31.6 Å². The number of morpholine rings is 1. The number of ether oxygens (including phenoxy) is 2. The van der Waals surface area contributed by atoms with Gasteiger partial charge in [-0.3, -0.25) is 9.67 Å². The molecule has 0 unspecified atom stereocenters. The van der Waals surface area contributed by atoms with Crippen LogP contribution in [-0.2, 0) is 11.8 Å². The maximum Gasteiger partial charge on any atom is 0.129 e. The van der Waals surface area contributed by atoms with Crippen LogP contribution in [0.3, 0.4) is 0 Å². The van der Waals surface area contributed by atoms with Crippen LogP contribution in [0.1, 0.15) is 20.8 Å². The van der Waals surface area contributed by atoms with Gasteiger partial charge in [0.15, 0.2) is 0 Å². The minimum Gasteiger partial charge on any atom is -0.487 e. The highest BCUT2D eigenvalue weighted by molar-refractivity contribution is 5.89. The number of aryl methyl sites for hydroxylation is 1. The molecule has 0 aliphatic carbocycles. The number of nitrogens with zero attached hydrogens (tertiary/aromatic N) is 3. The Hall–Kier alpha value is -2.44. The van der Waals surface area contributed by atoms with Gasteiger partial charge in [-0.25, -0.2) is 0 Å². The van der Waals surface area contributed by atoms with Gasteiger partial charge >= 0.3 is 0 Å². The molecule has 0 spiro atoms. The summed E-state index contributed by atoms with van der Waals surface area (Å²) in [7, 11) is 1.91. The molecule has 1 saturated heterocycles. The zero-order chi connectivity index (χ0) is 19.0. The van der Waals surface area contributed by atoms with Gasteiger partial charge in [0.05, 0.1) is 17.3 Å². The zero-order valence-corrected chi connectivity index (χ0v) is 16.3. The number of hydrogen-bond donors (Lipinski definition) is 1. The number of benzene rings is 1. The fourth-order valence-electron chi connectivity index (χ4n) is 3.53. The molecule has 0 bridgehead atoms. The molecule has 0 amide bonds. The van der Waals surface area contributed by atoms with Gasteiger partial charge in [-0.1, -0.05) is 0 Å². The van der Waals surface area contributed by atoms with Crippen molar-refractivity contribution >= 4 is 10.9 Å². The van der Waals surface area contributed by atoms with Crippen LogP contribution in [0.5, 0.6) is 5.75 Å². The van der Waals surface area contributed by atoms with E-state index >= 15 is 0 Å². The van der Waals surface area contributed by atoms with E-state index in [4.69, 9.17) is 9.47 Å². The Bertz CT molecular complexity index is 950. The molecule has 3 aromatic rings. The summed E-state index contributed by atoms with van der Waals surface area (Å²) in [4.78, 5) is 4.53. The number of pyridine rings is 1. The van der Waals surface area contributed by atoms with Gasteiger partial charge in [0.1, 0.15) is 18.0 Å². The van der Waals surface area contributed by atoms with Gasteiger partial charge in [0.25, 0.3) is 0 Å². The third-order valence-electron chi connectivity index (χ3n) is 4.92. The van der Waals surface area contributed by atoms with Crippen LogP contribution >= 0.6 is 0 Å². The molecule has 2 aromatic heterocycles. The Kier molecular flexibility index (Phi) is 4.61. The smallest absolute Gasteiger partial charge is 0.129 e. The van der Waals surface area contributed by atoms with E-state index in [1.165, 1.54) is 0 Å². The summed E-state index contributed by atoms with van der Waals surface area (Å²) in [6.07, 6.45) is 5.55. The van der Waals surface area contributed by atoms with Crippen molar-refractivity contribution in [3.05, 3.63) is 42.9 Å². The number of hydrogen-bond acceptors (Lipinski definition) is 5. The first-order valence-corrected chi connectivity index (χ1v) is 9.34. The van der Waals surface area contributed by atoms with Crippen LogP contribution in [0.2, 0.25) is 0 Å². The van der Waals surface area contributed by atoms with E-state index in [-0.39, 0.29) is 17.8 Å². The Morgan fingerprint density at radius 3 is 2.93 bits per heavy atom. The number of fused-ring (bicyclic) bond motifs is 1. The third-order valence-corrected chi connectivity index (χ3v) is 4.92. The van der Waals surface area contributed by atoms with Crippen LogP contribution < -0.4 is 10.1 Å². The molecule has 142 valence electrons. The maximum absolute atomic E-state index is 6.40. The van der Waals surface area contributed by atoms with Crippen LogP contribution in [0.15, 0.2) is 42.9 Å². The Labute approximate surface area is 159 Å². The molecule has 6 heteroatoms. The predicted molar refractivity (Wildman–Crippen MR) is 106 cm³/mol. The first-order valence-electron chi connectivity index (χ1n) is 9.34. The van der Waals surface area contributed by atoms with Crippen molar-refractivity contribution in [1.82, 2.24) is 20.1 Å². The van der Waals surface area contributed by atoms with Gasteiger partial charge in [-0.15, -0.1) is 0 Å². The molecule has 6 nitrogen and oxygen atoms in total. The summed E-state index contributed by atoms with van der Waals surface area (Å²) >= 11 is 0. The Balaban J connectivity index is 1.67. The van der Waals surface area contributed by atoms with E-state index in [0.29, 0.717) is 0 Å². The fraction of sp³-hybridized carbons (Fsp3) is 0.429. The summed E-state index contributed by atoms with van der Waals surface area (Å²) in [5.41, 5.74) is 2.80. The summed E-state index contributed by atoms with van der Waals surface area (Å²) in [5.74, 6) is 0.818. The third kappa shape index (κ3) is 3.82. The zero-order valence-electron chi connectivity index (χ0n) is 16.3. The minimum absolute atomic E-state index is 0.0116. The molecular weight excluding hydrogens is 340 g/mol. The largest absolute Gasteiger partial charge is 0.487 e. The highest BCUT2D eigenvalue weighted by Crippen LogP contribution is 2.33. The fourth-order valence-corrected chi connectivity index (χ4v) is 3.53. The molecular formula is C21H26N4O2. The number of nitrogens with one attached hydrogen (secondary N) is 1. The molecule has 1 aromatic carbocycles. The summed E-state index contributed by atoms with van der Waals surface area (Å²) in [6.45, 7) is 7.89. The van der Waals surface area contributed by atoms with Crippen LogP contribution in [0, 0.1) is 0 Å². The van der Waals surface area contributed by atoms with Crippen LogP contribution in [0.4, 0.5) is 0 Å².